The highest BCUT2D eigenvalue weighted by atomic mass is 32.2. The van der Waals surface area contributed by atoms with Crippen LogP contribution in [0.2, 0.25) is 0 Å². The summed E-state index contributed by atoms with van der Waals surface area (Å²) in [5.74, 6) is 0.644. The van der Waals surface area contributed by atoms with Crippen molar-refractivity contribution in [1.29, 1.82) is 0 Å². The molecule has 0 aliphatic rings. The van der Waals surface area contributed by atoms with E-state index in [0.29, 0.717) is 24.7 Å². The Morgan fingerprint density at radius 2 is 2.05 bits per heavy atom. The zero-order valence-corrected chi connectivity index (χ0v) is 13.4. The van der Waals surface area contributed by atoms with Crippen molar-refractivity contribution >= 4 is 10.0 Å². The van der Waals surface area contributed by atoms with Crippen LogP contribution in [0.1, 0.15) is 19.4 Å². The number of aliphatic hydroxyl groups is 1. The first-order valence-corrected chi connectivity index (χ1v) is 8.24. The van der Waals surface area contributed by atoms with Crippen LogP contribution >= 0.6 is 0 Å². The molecule has 1 aromatic rings. The van der Waals surface area contributed by atoms with Crippen molar-refractivity contribution in [3.8, 4) is 5.75 Å². The number of nitrogens with one attached hydrogen (secondary N) is 1. The monoisotopic (exact) mass is 317 g/mol. The maximum absolute atomic E-state index is 12.2. The van der Waals surface area contributed by atoms with Crippen LogP contribution in [0.3, 0.4) is 0 Å². The van der Waals surface area contributed by atoms with Gasteiger partial charge in [-0.25, -0.2) is 13.1 Å². The summed E-state index contributed by atoms with van der Waals surface area (Å²) < 4.78 is 37.3. The van der Waals surface area contributed by atoms with Crippen LogP contribution in [0.25, 0.3) is 0 Å². The third-order valence-corrected chi connectivity index (χ3v) is 4.17. The predicted molar refractivity (Wildman–Crippen MR) is 79.8 cm³/mol. The Labute approximate surface area is 126 Å². The number of methoxy groups -OCH3 is 1. The molecular weight excluding hydrogens is 294 g/mol. The topological polar surface area (TPSA) is 84.9 Å². The second-order valence-electron chi connectivity index (χ2n) is 5.01. The fourth-order valence-electron chi connectivity index (χ4n) is 1.67. The van der Waals surface area contributed by atoms with Gasteiger partial charge in [-0.05, 0) is 23.6 Å². The van der Waals surface area contributed by atoms with Gasteiger partial charge in [0.2, 0.25) is 10.0 Å². The van der Waals surface area contributed by atoms with E-state index in [1.165, 1.54) is 19.2 Å². The van der Waals surface area contributed by atoms with Crippen molar-refractivity contribution in [2.75, 3.05) is 26.9 Å². The van der Waals surface area contributed by atoms with E-state index in [0.717, 1.165) is 0 Å². The summed E-state index contributed by atoms with van der Waals surface area (Å²) in [6, 6.07) is 4.54. The van der Waals surface area contributed by atoms with Gasteiger partial charge in [-0.2, -0.15) is 0 Å². The first-order chi connectivity index (χ1) is 9.90. The summed E-state index contributed by atoms with van der Waals surface area (Å²) in [6.07, 6.45) is 0. The quantitative estimate of drug-likeness (QED) is 0.667. The molecule has 6 nitrogen and oxygen atoms in total. The van der Waals surface area contributed by atoms with Gasteiger partial charge in [-0.15, -0.1) is 0 Å². The lowest BCUT2D eigenvalue weighted by Gasteiger charge is -2.12. The molecule has 1 rings (SSSR count). The second kappa shape index (κ2) is 8.33. The second-order valence-corrected chi connectivity index (χ2v) is 6.75. The van der Waals surface area contributed by atoms with Crippen molar-refractivity contribution in [3.05, 3.63) is 23.8 Å². The molecule has 0 fully saturated rings. The van der Waals surface area contributed by atoms with Gasteiger partial charge in [0.05, 0.1) is 20.3 Å². The van der Waals surface area contributed by atoms with Gasteiger partial charge in [0.1, 0.15) is 10.6 Å². The van der Waals surface area contributed by atoms with Crippen LogP contribution in [-0.2, 0) is 21.4 Å². The number of sulfonamides is 1. The Balaban J connectivity index is 2.73. The number of benzene rings is 1. The molecule has 0 atom stereocenters. The zero-order chi connectivity index (χ0) is 15.9. The Bertz CT molecular complexity index is 542. The SMILES string of the molecule is COc1ccc(CO)cc1S(=O)(=O)NCCOCC(C)C. The molecule has 0 saturated carbocycles. The number of hydrogen-bond donors (Lipinski definition) is 2. The van der Waals surface area contributed by atoms with E-state index < -0.39 is 10.0 Å². The minimum Gasteiger partial charge on any atom is -0.495 e. The molecular formula is C14H23NO5S. The molecule has 0 saturated heterocycles. The van der Waals surface area contributed by atoms with E-state index >= 15 is 0 Å². The molecule has 0 unspecified atom stereocenters. The van der Waals surface area contributed by atoms with Crippen LogP contribution in [0, 0.1) is 5.92 Å². The van der Waals surface area contributed by atoms with Crippen molar-refractivity contribution in [1.82, 2.24) is 4.72 Å². The minimum atomic E-state index is -3.70. The Morgan fingerprint density at radius 3 is 2.62 bits per heavy atom. The Morgan fingerprint density at radius 1 is 1.33 bits per heavy atom. The highest BCUT2D eigenvalue weighted by Gasteiger charge is 2.19. The Hall–Kier alpha value is -1.15. The fourth-order valence-corrected chi connectivity index (χ4v) is 2.90. The largest absolute Gasteiger partial charge is 0.495 e. The van der Waals surface area contributed by atoms with E-state index in [9.17, 15) is 8.42 Å². The lowest BCUT2D eigenvalue weighted by atomic mass is 10.2. The predicted octanol–water partition coefficient (Wildman–Crippen LogP) is 1.14. The van der Waals surface area contributed by atoms with Gasteiger partial charge in [0, 0.05) is 13.2 Å². The minimum absolute atomic E-state index is 0.0143. The highest BCUT2D eigenvalue weighted by molar-refractivity contribution is 7.89. The summed E-state index contributed by atoms with van der Waals surface area (Å²) >= 11 is 0. The van der Waals surface area contributed by atoms with E-state index in [2.05, 4.69) is 4.72 Å². The molecule has 2 N–H and O–H groups in total. The zero-order valence-electron chi connectivity index (χ0n) is 12.6. The van der Waals surface area contributed by atoms with Gasteiger partial charge in [0.15, 0.2) is 0 Å². The lowest BCUT2D eigenvalue weighted by molar-refractivity contribution is 0.114. The van der Waals surface area contributed by atoms with Crippen LogP contribution in [-0.4, -0.2) is 40.4 Å². The van der Waals surface area contributed by atoms with E-state index in [1.54, 1.807) is 6.07 Å². The van der Waals surface area contributed by atoms with Gasteiger partial charge in [-0.3, -0.25) is 0 Å². The molecule has 120 valence electrons. The molecule has 0 aliphatic carbocycles. The van der Waals surface area contributed by atoms with Crippen LogP contribution in [0.15, 0.2) is 23.1 Å². The molecule has 7 heteroatoms. The molecule has 1 aromatic carbocycles. The van der Waals surface area contributed by atoms with Crippen LogP contribution < -0.4 is 9.46 Å². The maximum atomic E-state index is 12.2. The normalized spacial score (nSPS) is 11.9. The maximum Gasteiger partial charge on any atom is 0.244 e. The average molecular weight is 317 g/mol. The molecule has 0 radical (unpaired) electrons. The van der Waals surface area contributed by atoms with E-state index in [4.69, 9.17) is 14.6 Å². The van der Waals surface area contributed by atoms with Gasteiger partial charge in [0.25, 0.3) is 0 Å². The highest BCUT2D eigenvalue weighted by Crippen LogP contribution is 2.24. The summed E-state index contributed by atoms with van der Waals surface area (Å²) in [5, 5.41) is 9.11. The molecule has 0 heterocycles. The number of aliphatic hydroxyl groups excluding tert-OH is 1. The smallest absolute Gasteiger partial charge is 0.244 e. The molecule has 0 bridgehead atoms. The Kier molecular flexibility index (Phi) is 7.10. The van der Waals surface area contributed by atoms with Crippen LogP contribution in [0.4, 0.5) is 0 Å². The first-order valence-electron chi connectivity index (χ1n) is 6.76. The number of hydrogen-bond acceptors (Lipinski definition) is 5. The molecule has 0 spiro atoms. The first kappa shape index (κ1) is 17.9. The lowest BCUT2D eigenvalue weighted by Crippen LogP contribution is -2.28. The van der Waals surface area contributed by atoms with Crippen molar-refractivity contribution in [2.24, 2.45) is 5.92 Å². The standard InChI is InChI=1S/C14H23NO5S/c1-11(2)10-20-7-6-15-21(17,18)14-8-12(9-16)4-5-13(14)19-3/h4-5,8,11,15-16H,6-7,9-10H2,1-3H3. The molecule has 0 aliphatic heterocycles. The third-order valence-electron chi connectivity index (χ3n) is 2.69. The number of ether oxygens (including phenoxy) is 2. The molecule has 21 heavy (non-hydrogen) atoms. The average Bonchev–Trinajstić information content (AvgIpc) is 2.45. The summed E-state index contributed by atoms with van der Waals surface area (Å²) in [6.45, 7) is 4.89. The molecule has 0 amide bonds. The number of rotatable bonds is 9. The summed E-state index contributed by atoms with van der Waals surface area (Å²) in [4.78, 5) is 0.0143. The summed E-state index contributed by atoms with van der Waals surface area (Å²) in [5.41, 5.74) is 0.507. The fraction of sp³-hybridized carbons (Fsp3) is 0.571. The van der Waals surface area contributed by atoms with Crippen molar-refractivity contribution in [2.45, 2.75) is 25.3 Å². The third kappa shape index (κ3) is 5.62. The van der Waals surface area contributed by atoms with Crippen molar-refractivity contribution in [3.63, 3.8) is 0 Å². The van der Waals surface area contributed by atoms with Crippen molar-refractivity contribution < 1.29 is 23.0 Å². The molecule has 0 aromatic heterocycles. The van der Waals surface area contributed by atoms with Gasteiger partial charge in [-0.1, -0.05) is 19.9 Å². The van der Waals surface area contributed by atoms with E-state index in [1.807, 2.05) is 13.8 Å². The van der Waals surface area contributed by atoms with Gasteiger partial charge >= 0.3 is 0 Å². The summed E-state index contributed by atoms with van der Waals surface area (Å²) in [7, 11) is -2.30. The van der Waals surface area contributed by atoms with E-state index in [-0.39, 0.29) is 23.8 Å². The van der Waals surface area contributed by atoms with Gasteiger partial charge < -0.3 is 14.6 Å². The van der Waals surface area contributed by atoms with Crippen LogP contribution in [0.5, 0.6) is 5.75 Å².